The second-order valence-corrected chi connectivity index (χ2v) is 3.77. The van der Waals surface area contributed by atoms with Gasteiger partial charge in [0.25, 0.3) is 0 Å². The molecule has 15 heavy (non-hydrogen) atoms. The van der Waals surface area contributed by atoms with Crippen molar-refractivity contribution in [3.8, 4) is 0 Å². The Morgan fingerprint density at radius 3 is 3.00 bits per heavy atom. The van der Waals surface area contributed by atoms with Crippen LogP contribution in [0, 0.1) is 0 Å². The van der Waals surface area contributed by atoms with Gasteiger partial charge in [0.2, 0.25) is 0 Å². The average Bonchev–Trinajstić information content (AvgIpc) is 2.70. The molecule has 0 radical (unpaired) electrons. The highest BCUT2D eigenvalue weighted by molar-refractivity contribution is 5.94. The summed E-state index contributed by atoms with van der Waals surface area (Å²) in [6.45, 7) is 2.94. The first-order valence-electron chi connectivity index (χ1n) is 5.37. The predicted molar refractivity (Wildman–Crippen MR) is 61.3 cm³/mol. The molecule has 1 N–H and O–H groups in total. The number of carbonyl (C=O) groups is 1. The summed E-state index contributed by atoms with van der Waals surface area (Å²) in [6, 6.07) is 6.34. The molecule has 0 aliphatic carbocycles. The van der Waals surface area contributed by atoms with Crippen molar-refractivity contribution in [3.05, 3.63) is 29.3 Å². The van der Waals surface area contributed by atoms with Crippen molar-refractivity contribution >= 4 is 11.7 Å². The number of hydrogen-bond donors (Lipinski definition) is 1. The minimum atomic E-state index is -0.0157. The van der Waals surface area contributed by atoms with Gasteiger partial charge in [-0.2, -0.15) is 0 Å². The molecule has 0 saturated heterocycles. The highest BCUT2D eigenvalue weighted by atomic mass is 16.2. The molecule has 1 aliphatic rings. The number of aryl methyl sites for hydroxylation is 1. The summed E-state index contributed by atoms with van der Waals surface area (Å²) < 4.78 is 0. The van der Waals surface area contributed by atoms with E-state index >= 15 is 0 Å². The number of nitrogens with zero attached hydrogens (tertiary/aromatic N) is 1. The number of carbonyl (C=O) groups excluding carboxylic acids is 1. The van der Waals surface area contributed by atoms with Crippen molar-refractivity contribution in [2.75, 3.05) is 18.5 Å². The van der Waals surface area contributed by atoms with Gasteiger partial charge < -0.3 is 5.32 Å². The second-order valence-electron chi connectivity index (χ2n) is 3.77. The summed E-state index contributed by atoms with van der Waals surface area (Å²) >= 11 is 0. The molecule has 2 amide bonds. The molecule has 0 saturated carbocycles. The smallest absolute Gasteiger partial charge is 0.321 e. The number of benzene rings is 1. The first kappa shape index (κ1) is 10.0. The molecular formula is C12H16N2O. The molecule has 1 heterocycles. The lowest BCUT2D eigenvalue weighted by Crippen LogP contribution is -2.36. The quantitative estimate of drug-likeness (QED) is 0.745. The minimum absolute atomic E-state index is 0.0157. The molecule has 3 heteroatoms. The molecule has 80 valence electrons. The highest BCUT2D eigenvalue weighted by Crippen LogP contribution is 2.28. The zero-order valence-electron chi connectivity index (χ0n) is 9.21. The molecule has 1 aromatic carbocycles. The molecule has 2 rings (SSSR count). The van der Waals surface area contributed by atoms with Crippen LogP contribution in [0.4, 0.5) is 10.5 Å². The van der Waals surface area contributed by atoms with E-state index in [9.17, 15) is 4.79 Å². The van der Waals surface area contributed by atoms with Gasteiger partial charge in [0.1, 0.15) is 0 Å². The van der Waals surface area contributed by atoms with Crippen molar-refractivity contribution in [1.82, 2.24) is 5.32 Å². The maximum Gasteiger partial charge on any atom is 0.321 e. The highest BCUT2D eigenvalue weighted by Gasteiger charge is 2.23. The monoisotopic (exact) mass is 204 g/mol. The van der Waals surface area contributed by atoms with Crippen LogP contribution in [0.3, 0.4) is 0 Å². The number of anilines is 1. The number of urea groups is 1. The Bertz CT molecular complexity index is 387. The molecule has 3 nitrogen and oxygen atoms in total. The summed E-state index contributed by atoms with van der Waals surface area (Å²) in [5.74, 6) is 0. The lowest BCUT2D eigenvalue weighted by atomic mass is 10.1. The standard InChI is InChI=1S/C12H16N2O/c1-3-9-4-5-11-10(8-9)6-7-14(11)12(15)13-2/h4-5,8H,3,6-7H2,1-2H3,(H,13,15). The number of amides is 2. The van der Waals surface area contributed by atoms with Crippen LogP contribution in [0.15, 0.2) is 18.2 Å². The molecular weight excluding hydrogens is 188 g/mol. The van der Waals surface area contributed by atoms with E-state index in [4.69, 9.17) is 0 Å². The van der Waals surface area contributed by atoms with Crippen LogP contribution in [0.25, 0.3) is 0 Å². The van der Waals surface area contributed by atoms with Crippen molar-refractivity contribution in [2.24, 2.45) is 0 Å². The second kappa shape index (κ2) is 3.93. The first-order valence-corrected chi connectivity index (χ1v) is 5.37. The lowest BCUT2D eigenvalue weighted by Gasteiger charge is -2.16. The van der Waals surface area contributed by atoms with Crippen molar-refractivity contribution < 1.29 is 4.79 Å². The van der Waals surface area contributed by atoms with Gasteiger partial charge in [-0.05, 0) is 30.0 Å². The normalized spacial score (nSPS) is 13.9. The van der Waals surface area contributed by atoms with E-state index < -0.39 is 0 Å². The van der Waals surface area contributed by atoms with Gasteiger partial charge in [0.05, 0.1) is 0 Å². The molecule has 0 spiro atoms. The molecule has 1 aliphatic heterocycles. The number of hydrogen-bond acceptors (Lipinski definition) is 1. The van der Waals surface area contributed by atoms with Gasteiger partial charge >= 0.3 is 6.03 Å². The van der Waals surface area contributed by atoms with E-state index in [0.717, 1.165) is 25.1 Å². The van der Waals surface area contributed by atoms with E-state index in [1.807, 2.05) is 0 Å². The Balaban J connectivity index is 2.32. The Hall–Kier alpha value is -1.51. The van der Waals surface area contributed by atoms with Crippen LogP contribution in [-0.4, -0.2) is 19.6 Å². The minimum Gasteiger partial charge on any atom is -0.341 e. The van der Waals surface area contributed by atoms with Gasteiger partial charge in [-0.3, -0.25) is 4.90 Å². The average molecular weight is 204 g/mol. The molecule has 0 fully saturated rings. The van der Waals surface area contributed by atoms with E-state index in [2.05, 4.69) is 30.4 Å². The van der Waals surface area contributed by atoms with E-state index in [1.165, 1.54) is 11.1 Å². The number of fused-ring (bicyclic) bond motifs is 1. The summed E-state index contributed by atoms with van der Waals surface area (Å²) in [5.41, 5.74) is 3.69. The van der Waals surface area contributed by atoms with Crippen molar-refractivity contribution in [1.29, 1.82) is 0 Å². The van der Waals surface area contributed by atoms with Crippen molar-refractivity contribution in [2.45, 2.75) is 19.8 Å². The Kier molecular flexibility index (Phi) is 2.62. The molecule has 0 unspecified atom stereocenters. The topological polar surface area (TPSA) is 32.3 Å². The van der Waals surface area contributed by atoms with Gasteiger partial charge in [0.15, 0.2) is 0 Å². The molecule has 0 aromatic heterocycles. The maximum absolute atomic E-state index is 11.5. The first-order chi connectivity index (χ1) is 7.26. The van der Waals surface area contributed by atoms with E-state index in [0.29, 0.717) is 0 Å². The molecule has 0 atom stereocenters. The fraction of sp³-hybridized carbons (Fsp3) is 0.417. The van der Waals surface area contributed by atoms with E-state index in [-0.39, 0.29) is 6.03 Å². The summed E-state index contributed by atoms with van der Waals surface area (Å²) in [6.07, 6.45) is 2.02. The number of rotatable bonds is 1. The predicted octanol–water partition coefficient (Wildman–Crippen LogP) is 1.95. The SMILES string of the molecule is CCc1ccc2c(c1)CCN2C(=O)NC. The third-order valence-electron chi connectivity index (χ3n) is 2.91. The number of nitrogens with one attached hydrogen (secondary N) is 1. The molecule has 0 bridgehead atoms. The zero-order valence-corrected chi connectivity index (χ0v) is 9.21. The van der Waals surface area contributed by atoms with Crippen LogP contribution in [-0.2, 0) is 12.8 Å². The van der Waals surface area contributed by atoms with Crippen LogP contribution in [0.2, 0.25) is 0 Å². The van der Waals surface area contributed by atoms with E-state index in [1.54, 1.807) is 11.9 Å². The largest absolute Gasteiger partial charge is 0.341 e. The third-order valence-corrected chi connectivity index (χ3v) is 2.91. The molecule has 1 aromatic rings. The Morgan fingerprint density at radius 1 is 1.53 bits per heavy atom. The Labute approximate surface area is 90.1 Å². The van der Waals surface area contributed by atoms with Gasteiger partial charge in [0, 0.05) is 19.3 Å². The van der Waals surface area contributed by atoms with Crippen LogP contribution >= 0.6 is 0 Å². The fourth-order valence-electron chi connectivity index (χ4n) is 2.02. The Morgan fingerprint density at radius 2 is 2.33 bits per heavy atom. The fourth-order valence-corrected chi connectivity index (χ4v) is 2.02. The van der Waals surface area contributed by atoms with Gasteiger partial charge in [-0.15, -0.1) is 0 Å². The summed E-state index contributed by atoms with van der Waals surface area (Å²) in [4.78, 5) is 13.3. The van der Waals surface area contributed by atoms with Crippen LogP contribution in [0.1, 0.15) is 18.1 Å². The van der Waals surface area contributed by atoms with Gasteiger partial charge in [-0.25, -0.2) is 4.79 Å². The van der Waals surface area contributed by atoms with Gasteiger partial charge in [-0.1, -0.05) is 19.1 Å². The lowest BCUT2D eigenvalue weighted by molar-refractivity contribution is 0.248. The summed E-state index contributed by atoms with van der Waals surface area (Å²) in [7, 11) is 1.67. The summed E-state index contributed by atoms with van der Waals surface area (Å²) in [5, 5.41) is 2.66. The van der Waals surface area contributed by atoms with Crippen LogP contribution in [0.5, 0.6) is 0 Å². The van der Waals surface area contributed by atoms with Crippen molar-refractivity contribution in [3.63, 3.8) is 0 Å². The zero-order chi connectivity index (χ0) is 10.8. The van der Waals surface area contributed by atoms with Crippen LogP contribution < -0.4 is 10.2 Å². The maximum atomic E-state index is 11.5. The third kappa shape index (κ3) is 1.69.